The molecule has 154 valence electrons. The Bertz CT molecular complexity index is 902. The molecular weight excluding hydrogens is 396 g/mol. The van der Waals surface area contributed by atoms with Gasteiger partial charge in [-0.2, -0.15) is 0 Å². The van der Waals surface area contributed by atoms with Crippen LogP contribution in [0.3, 0.4) is 0 Å². The van der Waals surface area contributed by atoms with Crippen molar-refractivity contribution in [3.05, 3.63) is 58.6 Å². The molecule has 2 rings (SSSR count). The molecule has 0 saturated heterocycles. The Morgan fingerprint density at radius 2 is 1.72 bits per heavy atom. The van der Waals surface area contributed by atoms with E-state index in [9.17, 15) is 9.59 Å². The van der Waals surface area contributed by atoms with E-state index >= 15 is 0 Å². The number of hydrogen-bond acceptors (Lipinski definition) is 5. The van der Waals surface area contributed by atoms with E-state index in [1.807, 2.05) is 13.8 Å². The molecule has 2 aromatic carbocycles. The number of benzene rings is 2. The minimum atomic E-state index is -1.06. The number of ketones is 1. The molecular formula is C22H23ClO6. The molecule has 0 aliphatic carbocycles. The first-order valence-corrected chi connectivity index (χ1v) is 9.35. The molecule has 1 N–H and O–H groups in total. The second-order valence-corrected chi connectivity index (χ2v) is 6.93. The number of carbonyl (C=O) groups is 2. The fraction of sp³-hybridized carbons (Fsp3) is 0.273. The van der Waals surface area contributed by atoms with E-state index in [1.54, 1.807) is 42.5 Å². The first-order valence-electron chi connectivity index (χ1n) is 8.97. The summed E-state index contributed by atoms with van der Waals surface area (Å²) in [6.45, 7) is 5.21. The molecule has 6 nitrogen and oxygen atoms in total. The molecule has 0 fully saturated rings. The summed E-state index contributed by atoms with van der Waals surface area (Å²) in [5, 5.41) is 9.25. The van der Waals surface area contributed by atoms with Gasteiger partial charge in [0.25, 0.3) is 0 Å². The minimum absolute atomic E-state index is 0.0604. The number of carboxylic acids is 1. The highest BCUT2D eigenvalue weighted by molar-refractivity contribution is 6.32. The standard InChI is InChI=1S/C22H23ClO6/c1-13(2)28-21-18(23)11-15(12-20(21)27-4)5-10-19(24)16-6-8-17(9-7-16)29-14(3)22(25)26/h5-14H,1-4H3,(H,25,26)/b10-5+. The monoisotopic (exact) mass is 418 g/mol. The van der Waals surface area contributed by atoms with Crippen LogP contribution in [0.25, 0.3) is 6.08 Å². The zero-order chi connectivity index (χ0) is 21.6. The topological polar surface area (TPSA) is 82.1 Å². The lowest BCUT2D eigenvalue weighted by Crippen LogP contribution is -2.22. The molecule has 0 heterocycles. The van der Waals surface area contributed by atoms with Gasteiger partial charge >= 0.3 is 5.97 Å². The molecule has 0 aromatic heterocycles. The number of carboxylic acid groups (broad SMARTS) is 1. The van der Waals surface area contributed by atoms with E-state index in [0.29, 0.717) is 33.4 Å². The highest BCUT2D eigenvalue weighted by Gasteiger charge is 2.14. The summed E-state index contributed by atoms with van der Waals surface area (Å²) in [5.41, 5.74) is 1.13. The summed E-state index contributed by atoms with van der Waals surface area (Å²) in [4.78, 5) is 23.2. The van der Waals surface area contributed by atoms with Crippen molar-refractivity contribution >= 4 is 29.4 Å². The van der Waals surface area contributed by atoms with Gasteiger partial charge < -0.3 is 19.3 Å². The number of aliphatic carboxylic acids is 1. The van der Waals surface area contributed by atoms with Crippen molar-refractivity contribution in [1.82, 2.24) is 0 Å². The smallest absolute Gasteiger partial charge is 0.344 e. The van der Waals surface area contributed by atoms with E-state index in [1.165, 1.54) is 20.1 Å². The molecule has 0 aliphatic rings. The second-order valence-electron chi connectivity index (χ2n) is 6.52. The molecule has 1 atom stereocenters. The molecule has 1 unspecified atom stereocenters. The van der Waals surface area contributed by atoms with Crippen LogP contribution in [0.2, 0.25) is 5.02 Å². The minimum Gasteiger partial charge on any atom is -0.493 e. The molecule has 0 aliphatic heterocycles. The van der Waals surface area contributed by atoms with Crippen LogP contribution in [-0.4, -0.2) is 36.2 Å². The van der Waals surface area contributed by atoms with E-state index in [0.717, 1.165) is 0 Å². The zero-order valence-corrected chi connectivity index (χ0v) is 17.4. The fourth-order valence-electron chi connectivity index (χ4n) is 2.41. The number of halogens is 1. The van der Waals surface area contributed by atoms with Gasteiger partial charge in [-0.05, 0) is 68.8 Å². The summed E-state index contributed by atoms with van der Waals surface area (Å²) in [6, 6.07) is 9.68. The molecule has 0 saturated carbocycles. The zero-order valence-electron chi connectivity index (χ0n) is 16.6. The van der Waals surface area contributed by atoms with Gasteiger partial charge in [-0.25, -0.2) is 4.79 Å². The van der Waals surface area contributed by atoms with Crippen LogP contribution in [-0.2, 0) is 4.79 Å². The van der Waals surface area contributed by atoms with Gasteiger partial charge in [0.15, 0.2) is 23.4 Å². The van der Waals surface area contributed by atoms with Crippen LogP contribution in [0.15, 0.2) is 42.5 Å². The lowest BCUT2D eigenvalue weighted by molar-refractivity contribution is -0.144. The Labute approximate surface area is 174 Å². The fourth-order valence-corrected chi connectivity index (χ4v) is 2.67. The maximum atomic E-state index is 12.4. The Hall–Kier alpha value is -2.99. The molecule has 7 heteroatoms. The van der Waals surface area contributed by atoms with Gasteiger partial charge in [0.05, 0.1) is 18.2 Å². The van der Waals surface area contributed by atoms with Crippen LogP contribution in [0.5, 0.6) is 17.2 Å². The third kappa shape index (κ3) is 6.26. The van der Waals surface area contributed by atoms with Gasteiger partial charge in [0, 0.05) is 5.56 Å². The van der Waals surface area contributed by atoms with Crippen molar-refractivity contribution in [3.8, 4) is 17.2 Å². The van der Waals surface area contributed by atoms with Crippen molar-refractivity contribution in [2.75, 3.05) is 7.11 Å². The van der Waals surface area contributed by atoms with Crippen molar-refractivity contribution in [2.45, 2.75) is 33.0 Å². The average Bonchev–Trinajstić information content (AvgIpc) is 2.67. The highest BCUT2D eigenvalue weighted by Crippen LogP contribution is 2.37. The lowest BCUT2D eigenvalue weighted by atomic mass is 10.1. The third-order valence-electron chi connectivity index (χ3n) is 3.83. The van der Waals surface area contributed by atoms with Gasteiger partial charge in [0.1, 0.15) is 5.75 Å². The Balaban J connectivity index is 2.14. The van der Waals surface area contributed by atoms with Crippen LogP contribution < -0.4 is 14.2 Å². The maximum Gasteiger partial charge on any atom is 0.344 e. The quantitative estimate of drug-likeness (QED) is 0.461. The van der Waals surface area contributed by atoms with E-state index in [-0.39, 0.29) is 11.9 Å². The normalized spacial score (nSPS) is 12.1. The summed E-state index contributed by atoms with van der Waals surface area (Å²) in [7, 11) is 1.52. The summed E-state index contributed by atoms with van der Waals surface area (Å²) in [5.74, 6) is 0.0243. The molecule has 0 radical (unpaired) electrons. The largest absolute Gasteiger partial charge is 0.493 e. The molecule has 0 spiro atoms. The molecule has 2 aromatic rings. The van der Waals surface area contributed by atoms with Crippen molar-refractivity contribution < 1.29 is 28.9 Å². The van der Waals surface area contributed by atoms with Gasteiger partial charge in [0.2, 0.25) is 0 Å². The molecule has 29 heavy (non-hydrogen) atoms. The Morgan fingerprint density at radius 3 is 2.28 bits per heavy atom. The van der Waals surface area contributed by atoms with E-state index in [4.69, 9.17) is 30.9 Å². The van der Waals surface area contributed by atoms with Gasteiger partial charge in [-0.15, -0.1) is 0 Å². The Morgan fingerprint density at radius 1 is 1.07 bits per heavy atom. The number of rotatable bonds is 9. The first-order chi connectivity index (χ1) is 13.7. The molecule has 0 amide bonds. The van der Waals surface area contributed by atoms with Crippen molar-refractivity contribution in [1.29, 1.82) is 0 Å². The number of allylic oxidation sites excluding steroid dienone is 1. The maximum absolute atomic E-state index is 12.4. The van der Waals surface area contributed by atoms with Gasteiger partial charge in [-0.1, -0.05) is 17.7 Å². The van der Waals surface area contributed by atoms with Crippen LogP contribution in [0, 0.1) is 0 Å². The predicted molar refractivity (Wildman–Crippen MR) is 111 cm³/mol. The van der Waals surface area contributed by atoms with Crippen LogP contribution >= 0.6 is 11.6 Å². The highest BCUT2D eigenvalue weighted by atomic mass is 35.5. The second kappa shape index (κ2) is 9.98. The summed E-state index contributed by atoms with van der Waals surface area (Å²) >= 11 is 6.29. The third-order valence-corrected chi connectivity index (χ3v) is 4.11. The lowest BCUT2D eigenvalue weighted by Gasteiger charge is -2.15. The number of hydrogen-bond donors (Lipinski definition) is 1. The van der Waals surface area contributed by atoms with Crippen molar-refractivity contribution in [2.24, 2.45) is 0 Å². The molecule has 0 bridgehead atoms. The van der Waals surface area contributed by atoms with E-state index in [2.05, 4.69) is 0 Å². The van der Waals surface area contributed by atoms with Gasteiger partial charge in [-0.3, -0.25) is 4.79 Å². The number of ether oxygens (including phenoxy) is 3. The Kier molecular flexibility index (Phi) is 7.67. The number of carbonyl (C=O) groups excluding carboxylic acids is 1. The first kappa shape index (κ1) is 22.3. The predicted octanol–water partition coefficient (Wildman–Crippen LogP) is 4.88. The summed E-state index contributed by atoms with van der Waals surface area (Å²) < 4.78 is 16.3. The van der Waals surface area contributed by atoms with Crippen molar-refractivity contribution in [3.63, 3.8) is 0 Å². The number of methoxy groups -OCH3 is 1. The van der Waals surface area contributed by atoms with Crippen LogP contribution in [0.1, 0.15) is 36.7 Å². The average molecular weight is 419 g/mol. The summed E-state index contributed by atoms with van der Waals surface area (Å²) in [6.07, 6.45) is 2.02. The van der Waals surface area contributed by atoms with Crippen LogP contribution in [0.4, 0.5) is 0 Å². The van der Waals surface area contributed by atoms with E-state index < -0.39 is 12.1 Å². The SMILES string of the molecule is COc1cc(/C=C/C(=O)c2ccc(OC(C)C(=O)O)cc2)cc(Cl)c1OC(C)C.